The lowest BCUT2D eigenvalue weighted by Gasteiger charge is -2.17. The number of hydrogen-bond donors (Lipinski definition) is 2. The molecule has 0 saturated heterocycles. The Morgan fingerprint density at radius 3 is 2.65 bits per heavy atom. The van der Waals surface area contributed by atoms with Gasteiger partial charge in [0.25, 0.3) is 15.9 Å². The molecule has 0 spiro atoms. The van der Waals surface area contributed by atoms with Crippen molar-refractivity contribution in [2.24, 2.45) is 4.40 Å². The summed E-state index contributed by atoms with van der Waals surface area (Å²) in [6, 6.07) is 13.4. The molecule has 1 amide bonds. The van der Waals surface area contributed by atoms with Crippen LogP contribution >= 0.6 is 0 Å². The largest absolute Gasteiger partial charge is 0.492 e. The molecule has 164 valence electrons. The van der Waals surface area contributed by atoms with Crippen LogP contribution in [0, 0.1) is 0 Å². The van der Waals surface area contributed by atoms with E-state index in [2.05, 4.69) is 15.0 Å². The zero-order valence-electron chi connectivity index (χ0n) is 17.0. The molecule has 9 nitrogen and oxygen atoms in total. The van der Waals surface area contributed by atoms with Gasteiger partial charge in [0.1, 0.15) is 16.5 Å². The summed E-state index contributed by atoms with van der Waals surface area (Å²) >= 11 is 0. The molecule has 2 N–H and O–H groups in total. The molecule has 1 heterocycles. The molecule has 2 aromatic rings. The summed E-state index contributed by atoms with van der Waals surface area (Å²) in [5.74, 6) is -0.256. The zero-order valence-corrected chi connectivity index (χ0v) is 17.8. The third-order valence-corrected chi connectivity index (χ3v) is 5.67. The number of nitrogens with one attached hydrogen (secondary N) is 2. The third-order valence-electron chi connectivity index (χ3n) is 4.29. The Balaban J connectivity index is 1.43. The fraction of sp³-hybridized carbons (Fsp3) is 0.286. The maximum absolute atomic E-state index is 12.2. The maximum atomic E-state index is 12.2. The Kier molecular flexibility index (Phi) is 7.24. The second-order valence-electron chi connectivity index (χ2n) is 6.63. The number of esters is 1. The minimum Gasteiger partial charge on any atom is -0.492 e. The van der Waals surface area contributed by atoms with Gasteiger partial charge in [0, 0.05) is 12.8 Å². The Labute approximate surface area is 180 Å². The highest BCUT2D eigenvalue weighted by molar-refractivity contribution is 7.90. The summed E-state index contributed by atoms with van der Waals surface area (Å²) in [7, 11) is -3.75. The number of carbonyl (C=O) groups excluding carboxylic acids is 2. The number of rotatable bonds is 9. The highest BCUT2D eigenvalue weighted by Gasteiger charge is 2.24. The van der Waals surface area contributed by atoms with Crippen molar-refractivity contribution in [2.75, 3.05) is 23.8 Å². The number of amidine groups is 1. The number of nitrogens with zero attached hydrogens (tertiary/aromatic N) is 1. The Hall–Kier alpha value is -3.40. The molecule has 0 unspecified atom stereocenters. The van der Waals surface area contributed by atoms with Crippen molar-refractivity contribution in [2.45, 2.75) is 31.1 Å². The fourth-order valence-electron chi connectivity index (χ4n) is 2.93. The summed E-state index contributed by atoms with van der Waals surface area (Å²) in [6.07, 6.45) is 0.582. The number of hydrogen-bond acceptors (Lipinski definition) is 7. The Morgan fingerprint density at radius 1 is 1.10 bits per heavy atom. The van der Waals surface area contributed by atoms with E-state index in [-0.39, 0.29) is 23.6 Å². The number of carbonyl (C=O) groups is 2. The van der Waals surface area contributed by atoms with E-state index in [0.29, 0.717) is 30.2 Å². The van der Waals surface area contributed by atoms with Crippen molar-refractivity contribution < 1.29 is 27.5 Å². The van der Waals surface area contributed by atoms with Crippen LogP contribution in [0.15, 0.2) is 57.8 Å². The summed E-state index contributed by atoms with van der Waals surface area (Å²) in [6.45, 7) is 1.86. The fourth-order valence-corrected chi connectivity index (χ4v) is 4.10. The number of ether oxygens (including phenoxy) is 2. The van der Waals surface area contributed by atoms with Crippen molar-refractivity contribution >= 4 is 39.1 Å². The standard InChI is InChI=1S/C21H23N3O6S/c1-2-29-17-10-5-3-8-15(17)23-20(25)14-30-21(26)13-7-12-19-22-16-9-4-6-11-18(16)31(27,28)24-19/h3-6,8-11H,2,7,12-14H2,1H3,(H,22,24)(H,23,25). The van der Waals surface area contributed by atoms with Crippen LogP contribution in [0.4, 0.5) is 11.4 Å². The number of anilines is 2. The molecule has 0 saturated carbocycles. The van der Waals surface area contributed by atoms with Gasteiger partial charge >= 0.3 is 5.97 Å². The highest BCUT2D eigenvalue weighted by Crippen LogP contribution is 2.27. The Bertz CT molecular complexity index is 1100. The number of sulfonamides is 1. The molecular formula is C21H23N3O6S. The van der Waals surface area contributed by atoms with E-state index in [1.807, 2.05) is 6.92 Å². The molecule has 1 aliphatic heterocycles. The topological polar surface area (TPSA) is 123 Å². The lowest BCUT2D eigenvalue weighted by molar-refractivity contribution is -0.147. The molecule has 0 fully saturated rings. The van der Waals surface area contributed by atoms with Crippen LogP contribution in [-0.4, -0.2) is 39.3 Å². The quantitative estimate of drug-likeness (QED) is 0.569. The molecule has 0 aromatic heterocycles. The normalized spacial score (nSPS) is 13.9. The number of para-hydroxylation sites is 3. The summed E-state index contributed by atoms with van der Waals surface area (Å²) in [5.41, 5.74) is 0.951. The van der Waals surface area contributed by atoms with Gasteiger partial charge in [0.2, 0.25) is 0 Å². The van der Waals surface area contributed by atoms with Crippen molar-refractivity contribution in [1.29, 1.82) is 0 Å². The first-order chi connectivity index (χ1) is 14.9. The van der Waals surface area contributed by atoms with Gasteiger partial charge in [0.15, 0.2) is 6.61 Å². The summed E-state index contributed by atoms with van der Waals surface area (Å²) in [5, 5.41) is 5.60. The second-order valence-corrected chi connectivity index (χ2v) is 8.20. The van der Waals surface area contributed by atoms with E-state index in [0.717, 1.165) is 0 Å². The van der Waals surface area contributed by atoms with E-state index < -0.39 is 28.5 Å². The van der Waals surface area contributed by atoms with Crippen LogP contribution in [0.25, 0.3) is 0 Å². The van der Waals surface area contributed by atoms with Crippen LogP contribution < -0.4 is 15.4 Å². The molecule has 2 aromatic carbocycles. The predicted molar refractivity (Wildman–Crippen MR) is 116 cm³/mol. The average Bonchev–Trinajstić information content (AvgIpc) is 2.73. The lowest BCUT2D eigenvalue weighted by atomic mass is 10.2. The SMILES string of the molecule is CCOc1ccccc1NC(=O)COC(=O)CCCC1=NS(=O)(=O)c2ccccc2N1. The molecule has 0 bridgehead atoms. The zero-order chi connectivity index (χ0) is 22.3. The first-order valence-electron chi connectivity index (χ1n) is 9.76. The van der Waals surface area contributed by atoms with Gasteiger partial charge < -0.3 is 20.1 Å². The smallest absolute Gasteiger partial charge is 0.306 e. The van der Waals surface area contributed by atoms with Gasteiger partial charge in [-0.3, -0.25) is 9.59 Å². The summed E-state index contributed by atoms with van der Waals surface area (Å²) in [4.78, 5) is 24.1. The van der Waals surface area contributed by atoms with Crippen LogP contribution in [0.1, 0.15) is 26.2 Å². The van der Waals surface area contributed by atoms with Crippen LogP contribution in [0.3, 0.4) is 0 Å². The van der Waals surface area contributed by atoms with E-state index >= 15 is 0 Å². The Morgan fingerprint density at radius 2 is 1.84 bits per heavy atom. The molecule has 0 radical (unpaired) electrons. The first-order valence-corrected chi connectivity index (χ1v) is 11.2. The number of benzene rings is 2. The van der Waals surface area contributed by atoms with E-state index in [4.69, 9.17) is 9.47 Å². The van der Waals surface area contributed by atoms with Crippen molar-refractivity contribution in [3.8, 4) is 5.75 Å². The van der Waals surface area contributed by atoms with Gasteiger partial charge in [-0.2, -0.15) is 8.42 Å². The van der Waals surface area contributed by atoms with Gasteiger partial charge in [0.05, 0.1) is 18.0 Å². The van der Waals surface area contributed by atoms with E-state index in [1.54, 1.807) is 42.5 Å². The van der Waals surface area contributed by atoms with Crippen LogP contribution in [0.2, 0.25) is 0 Å². The third kappa shape index (κ3) is 6.05. The van der Waals surface area contributed by atoms with Crippen molar-refractivity contribution in [3.63, 3.8) is 0 Å². The lowest BCUT2D eigenvalue weighted by Crippen LogP contribution is -2.22. The predicted octanol–water partition coefficient (Wildman–Crippen LogP) is 2.95. The first kappa shape index (κ1) is 22.3. The van der Waals surface area contributed by atoms with Gasteiger partial charge in [-0.25, -0.2) is 0 Å². The number of amides is 1. The molecule has 31 heavy (non-hydrogen) atoms. The van der Waals surface area contributed by atoms with Crippen LogP contribution in [0.5, 0.6) is 5.75 Å². The van der Waals surface area contributed by atoms with E-state index in [9.17, 15) is 18.0 Å². The molecule has 0 atom stereocenters. The van der Waals surface area contributed by atoms with Crippen LogP contribution in [-0.2, 0) is 24.3 Å². The van der Waals surface area contributed by atoms with Gasteiger partial charge in [-0.05, 0) is 37.6 Å². The van der Waals surface area contributed by atoms with Crippen molar-refractivity contribution in [3.05, 3.63) is 48.5 Å². The molecule has 0 aliphatic carbocycles. The maximum Gasteiger partial charge on any atom is 0.306 e. The average molecular weight is 445 g/mol. The summed E-state index contributed by atoms with van der Waals surface area (Å²) < 4.78 is 38.6. The second kappa shape index (κ2) is 10.1. The molecular weight excluding hydrogens is 422 g/mol. The van der Waals surface area contributed by atoms with Gasteiger partial charge in [-0.1, -0.05) is 24.3 Å². The minimum atomic E-state index is -3.75. The van der Waals surface area contributed by atoms with Gasteiger partial charge in [-0.15, -0.1) is 4.40 Å². The molecule has 10 heteroatoms. The minimum absolute atomic E-state index is 0.0191. The van der Waals surface area contributed by atoms with Crippen molar-refractivity contribution in [1.82, 2.24) is 0 Å². The molecule has 3 rings (SSSR count). The number of fused-ring (bicyclic) bond motifs is 1. The monoisotopic (exact) mass is 445 g/mol. The van der Waals surface area contributed by atoms with E-state index in [1.165, 1.54) is 6.07 Å². The molecule has 1 aliphatic rings. The highest BCUT2D eigenvalue weighted by atomic mass is 32.2.